The summed E-state index contributed by atoms with van der Waals surface area (Å²) in [4.78, 5) is 27.0. The molecular weight excluding hydrogens is 400 g/mol. The molecule has 3 rings (SSSR count). The standard InChI is InChI=1S/C23H26N2O6/c26-20(27)13-18(23(28)29)21-22(31-15-17-7-4-10-24-14-17)19(8-11-25-21)30-12-9-16-5-2-1-3-6-16/h1-3,5-6,8,11,13,17,24H,4,7,9-10,12,14-15H2,(H,26,27)(H,28,29)/b18-13+/t17-/m0/s1. The number of carboxylic acid groups (broad SMARTS) is 2. The van der Waals surface area contributed by atoms with E-state index in [1.54, 1.807) is 6.07 Å². The highest BCUT2D eigenvalue weighted by atomic mass is 16.5. The first-order chi connectivity index (χ1) is 15.0. The summed E-state index contributed by atoms with van der Waals surface area (Å²) in [5.74, 6) is -2.04. The summed E-state index contributed by atoms with van der Waals surface area (Å²) in [5, 5.41) is 22.0. The van der Waals surface area contributed by atoms with E-state index < -0.39 is 17.5 Å². The third-order valence-electron chi connectivity index (χ3n) is 4.98. The first kappa shape index (κ1) is 22.3. The Labute approximate surface area is 180 Å². The Morgan fingerprint density at radius 2 is 1.97 bits per heavy atom. The van der Waals surface area contributed by atoms with Crippen LogP contribution >= 0.6 is 0 Å². The van der Waals surface area contributed by atoms with E-state index in [1.807, 2.05) is 30.3 Å². The van der Waals surface area contributed by atoms with Crippen molar-refractivity contribution in [2.24, 2.45) is 5.92 Å². The normalized spacial score (nSPS) is 16.5. The number of aromatic nitrogens is 1. The zero-order valence-electron chi connectivity index (χ0n) is 17.1. The Kier molecular flexibility index (Phi) is 8.00. The van der Waals surface area contributed by atoms with Crippen LogP contribution in [0.4, 0.5) is 0 Å². The quantitative estimate of drug-likeness (QED) is 0.496. The van der Waals surface area contributed by atoms with Gasteiger partial charge in [-0.25, -0.2) is 9.59 Å². The molecular formula is C23H26N2O6. The van der Waals surface area contributed by atoms with Crippen LogP contribution in [-0.2, 0) is 16.0 Å². The molecule has 2 aromatic rings. The SMILES string of the molecule is O=C(O)/C=C(/C(=O)O)c1nccc(OCCc2ccccc2)c1OC[C@H]1CCCNC1. The van der Waals surface area contributed by atoms with Crippen LogP contribution in [0.1, 0.15) is 24.1 Å². The average Bonchev–Trinajstić information content (AvgIpc) is 2.77. The highest BCUT2D eigenvalue weighted by molar-refractivity contribution is 6.19. The van der Waals surface area contributed by atoms with Crippen molar-refractivity contribution < 1.29 is 29.3 Å². The van der Waals surface area contributed by atoms with Gasteiger partial charge in [0.1, 0.15) is 5.69 Å². The molecule has 1 atom stereocenters. The summed E-state index contributed by atoms with van der Waals surface area (Å²) in [6.07, 6.45) is 4.69. The number of hydrogen-bond acceptors (Lipinski definition) is 6. The molecule has 0 unspecified atom stereocenters. The predicted molar refractivity (Wildman–Crippen MR) is 114 cm³/mol. The fourth-order valence-electron chi connectivity index (χ4n) is 3.42. The van der Waals surface area contributed by atoms with Crippen LogP contribution in [0.2, 0.25) is 0 Å². The second-order valence-electron chi connectivity index (χ2n) is 7.30. The fourth-order valence-corrected chi connectivity index (χ4v) is 3.42. The van der Waals surface area contributed by atoms with Crippen LogP contribution < -0.4 is 14.8 Å². The summed E-state index contributed by atoms with van der Waals surface area (Å²) < 4.78 is 11.9. The molecule has 0 bridgehead atoms. The maximum atomic E-state index is 11.7. The lowest BCUT2D eigenvalue weighted by Crippen LogP contribution is -2.33. The Morgan fingerprint density at radius 3 is 2.65 bits per heavy atom. The number of benzene rings is 1. The summed E-state index contributed by atoms with van der Waals surface area (Å²) in [5.41, 5.74) is 0.582. The number of piperidine rings is 1. The van der Waals surface area contributed by atoms with E-state index in [0.717, 1.165) is 31.5 Å². The number of carbonyl (C=O) groups is 2. The van der Waals surface area contributed by atoms with Crippen LogP contribution in [-0.4, -0.2) is 53.4 Å². The number of nitrogens with zero attached hydrogens (tertiary/aromatic N) is 1. The lowest BCUT2D eigenvalue weighted by atomic mass is 10.0. The van der Waals surface area contributed by atoms with Gasteiger partial charge in [0.25, 0.3) is 0 Å². The smallest absolute Gasteiger partial charge is 0.338 e. The molecule has 1 aliphatic heterocycles. The molecule has 0 radical (unpaired) electrons. The Balaban J connectivity index is 1.85. The largest absolute Gasteiger partial charge is 0.489 e. The number of ether oxygens (including phenoxy) is 2. The van der Waals surface area contributed by atoms with E-state index in [0.29, 0.717) is 31.5 Å². The van der Waals surface area contributed by atoms with E-state index in [9.17, 15) is 14.7 Å². The molecule has 2 heterocycles. The van der Waals surface area contributed by atoms with Gasteiger partial charge in [-0.1, -0.05) is 30.3 Å². The number of aliphatic carboxylic acids is 2. The monoisotopic (exact) mass is 426 g/mol. The van der Waals surface area contributed by atoms with Gasteiger partial charge < -0.3 is 25.0 Å². The highest BCUT2D eigenvalue weighted by Gasteiger charge is 2.24. The van der Waals surface area contributed by atoms with Crippen LogP contribution in [0.25, 0.3) is 5.57 Å². The second-order valence-corrected chi connectivity index (χ2v) is 7.30. The lowest BCUT2D eigenvalue weighted by Gasteiger charge is -2.24. The van der Waals surface area contributed by atoms with Gasteiger partial charge in [-0.15, -0.1) is 0 Å². The van der Waals surface area contributed by atoms with Crippen molar-refractivity contribution in [1.29, 1.82) is 0 Å². The minimum atomic E-state index is -1.40. The number of nitrogens with one attached hydrogen (secondary N) is 1. The zero-order valence-corrected chi connectivity index (χ0v) is 17.1. The van der Waals surface area contributed by atoms with Crippen LogP contribution in [0.3, 0.4) is 0 Å². The van der Waals surface area contributed by atoms with Crippen molar-refractivity contribution in [2.75, 3.05) is 26.3 Å². The molecule has 1 aromatic carbocycles. The summed E-state index contributed by atoms with van der Waals surface area (Å²) in [6.45, 7) is 2.46. The second kappa shape index (κ2) is 11.1. The molecule has 1 aliphatic rings. The van der Waals surface area contributed by atoms with Gasteiger partial charge in [0.2, 0.25) is 0 Å². The minimum Gasteiger partial charge on any atom is -0.489 e. The molecule has 1 aromatic heterocycles. The van der Waals surface area contributed by atoms with Crippen LogP contribution in [0, 0.1) is 5.92 Å². The fraction of sp³-hybridized carbons (Fsp3) is 0.348. The zero-order chi connectivity index (χ0) is 22.1. The van der Waals surface area contributed by atoms with Crippen LogP contribution in [0.15, 0.2) is 48.7 Å². The number of rotatable bonds is 10. The van der Waals surface area contributed by atoms with Crippen molar-refractivity contribution in [3.05, 3.63) is 59.9 Å². The first-order valence-electron chi connectivity index (χ1n) is 10.2. The van der Waals surface area contributed by atoms with Crippen molar-refractivity contribution >= 4 is 17.5 Å². The van der Waals surface area contributed by atoms with Gasteiger partial charge in [0, 0.05) is 37.2 Å². The third kappa shape index (κ3) is 6.55. The third-order valence-corrected chi connectivity index (χ3v) is 4.98. The number of carboxylic acids is 2. The molecule has 31 heavy (non-hydrogen) atoms. The van der Waals surface area contributed by atoms with E-state index >= 15 is 0 Å². The van der Waals surface area contributed by atoms with Crippen molar-refractivity contribution in [3.8, 4) is 11.5 Å². The molecule has 1 saturated heterocycles. The lowest BCUT2D eigenvalue weighted by molar-refractivity contribution is -0.133. The van der Waals surface area contributed by atoms with Gasteiger partial charge >= 0.3 is 11.9 Å². The van der Waals surface area contributed by atoms with Gasteiger partial charge in [-0.05, 0) is 24.9 Å². The molecule has 0 aliphatic carbocycles. The van der Waals surface area contributed by atoms with Gasteiger partial charge in [0.15, 0.2) is 11.5 Å². The molecule has 3 N–H and O–H groups in total. The van der Waals surface area contributed by atoms with Gasteiger partial charge in [0.05, 0.1) is 18.8 Å². The molecule has 0 saturated carbocycles. The van der Waals surface area contributed by atoms with E-state index in [2.05, 4.69) is 10.3 Å². The molecule has 0 spiro atoms. The summed E-state index contributed by atoms with van der Waals surface area (Å²) in [6, 6.07) is 11.4. The van der Waals surface area contributed by atoms with E-state index in [1.165, 1.54) is 6.20 Å². The Bertz CT molecular complexity index is 923. The van der Waals surface area contributed by atoms with Gasteiger partial charge in [-0.2, -0.15) is 0 Å². The first-order valence-corrected chi connectivity index (χ1v) is 10.2. The molecule has 1 fully saturated rings. The Hall–Kier alpha value is -3.39. The summed E-state index contributed by atoms with van der Waals surface area (Å²) >= 11 is 0. The maximum Gasteiger partial charge on any atom is 0.338 e. The predicted octanol–water partition coefficient (Wildman–Crippen LogP) is 2.63. The van der Waals surface area contributed by atoms with Crippen molar-refractivity contribution in [2.45, 2.75) is 19.3 Å². The highest BCUT2D eigenvalue weighted by Crippen LogP contribution is 2.35. The van der Waals surface area contributed by atoms with E-state index in [4.69, 9.17) is 14.6 Å². The van der Waals surface area contributed by atoms with Crippen molar-refractivity contribution in [3.63, 3.8) is 0 Å². The topological polar surface area (TPSA) is 118 Å². The summed E-state index contributed by atoms with van der Waals surface area (Å²) in [7, 11) is 0. The molecule has 8 heteroatoms. The van der Waals surface area contributed by atoms with E-state index in [-0.39, 0.29) is 17.4 Å². The number of pyridine rings is 1. The molecule has 0 amide bonds. The van der Waals surface area contributed by atoms with Gasteiger partial charge in [-0.3, -0.25) is 4.98 Å². The average molecular weight is 426 g/mol. The minimum absolute atomic E-state index is 0.0594. The van der Waals surface area contributed by atoms with Crippen LogP contribution in [0.5, 0.6) is 11.5 Å². The van der Waals surface area contributed by atoms with Crippen molar-refractivity contribution in [1.82, 2.24) is 10.3 Å². The number of hydrogen-bond donors (Lipinski definition) is 3. The molecule has 164 valence electrons. The molecule has 8 nitrogen and oxygen atoms in total. The Morgan fingerprint density at radius 1 is 1.16 bits per heavy atom. The maximum absolute atomic E-state index is 11.7.